The standard InChI is InChI=1S/C21H21ClF2N2O2/c22-18-5-1-16(2-6-18)15-26-13-11-25(12-14-26)10-9-20(27)17-3-7-19(8-4-17)28-21(23)24/h1-10,21H,11-15H2/b10-9+. The van der Waals surface area contributed by atoms with Crippen molar-refractivity contribution in [3.05, 3.63) is 77.0 Å². The normalized spacial score (nSPS) is 15.4. The van der Waals surface area contributed by atoms with Crippen molar-refractivity contribution in [1.82, 2.24) is 9.80 Å². The highest BCUT2D eigenvalue weighted by Crippen LogP contribution is 2.16. The average Bonchev–Trinajstić information content (AvgIpc) is 2.69. The summed E-state index contributed by atoms with van der Waals surface area (Å²) in [5.74, 6) is -0.139. The van der Waals surface area contributed by atoms with Gasteiger partial charge in [-0.2, -0.15) is 8.78 Å². The van der Waals surface area contributed by atoms with Crippen LogP contribution >= 0.6 is 11.6 Å². The van der Waals surface area contributed by atoms with Crippen LogP contribution in [0.25, 0.3) is 0 Å². The maximum absolute atomic E-state index is 12.2. The molecule has 0 spiro atoms. The van der Waals surface area contributed by atoms with Crippen LogP contribution in [0.15, 0.2) is 60.8 Å². The maximum atomic E-state index is 12.2. The minimum absolute atomic E-state index is 0.0346. The Labute approximate surface area is 168 Å². The van der Waals surface area contributed by atoms with Crippen LogP contribution in [0, 0.1) is 0 Å². The molecule has 0 aliphatic carbocycles. The molecule has 0 bridgehead atoms. The topological polar surface area (TPSA) is 32.8 Å². The number of piperazine rings is 1. The van der Waals surface area contributed by atoms with Gasteiger partial charge in [0, 0.05) is 55.6 Å². The Morgan fingerprint density at radius 1 is 1.04 bits per heavy atom. The predicted molar refractivity (Wildman–Crippen MR) is 105 cm³/mol. The van der Waals surface area contributed by atoms with E-state index in [1.54, 1.807) is 6.20 Å². The second kappa shape index (κ2) is 9.66. The Bertz CT molecular complexity index is 802. The van der Waals surface area contributed by atoms with Crippen molar-refractivity contribution >= 4 is 17.4 Å². The molecule has 1 fully saturated rings. The summed E-state index contributed by atoms with van der Waals surface area (Å²) in [6.45, 7) is 1.47. The van der Waals surface area contributed by atoms with E-state index in [0.29, 0.717) is 5.56 Å². The van der Waals surface area contributed by atoms with E-state index in [0.717, 1.165) is 37.7 Å². The first kappa shape index (κ1) is 20.3. The molecule has 7 heteroatoms. The van der Waals surface area contributed by atoms with Crippen LogP contribution in [0.5, 0.6) is 5.75 Å². The van der Waals surface area contributed by atoms with Crippen LogP contribution < -0.4 is 4.74 Å². The predicted octanol–water partition coefficient (Wildman–Crippen LogP) is 4.46. The lowest BCUT2D eigenvalue weighted by molar-refractivity contribution is -0.0498. The number of hydrogen-bond acceptors (Lipinski definition) is 4. The minimum Gasteiger partial charge on any atom is -0.435 e. The van der Waals surface area contributed by atoms with Gasteiger partial charge >= 0.3 is 6.61 Å². The van der Waals surface area contributed by atoms with Gasteiger partial charge in [-0.05, 0) is 42.0 Å². The molecule has 0 amide bonds. The summed E-state index contributed by atoms with van der Waals surface area (Å²) in [6.07, 6.45) is 3.31. The van der Waals surface area contributed by atoms with Crippen molar-refractivity contribution in [2.75, 3.05) is 26.2 Å². The molecule has 0 atom stereocenters. The lowest BCUT2D eigenvalue weighted by atomic mass is 10.1. The monoisotopic (exact) mass is 406 g/mol. The molecule has 0 N–H and O–H groups in total. The number of nitrogens with zero attached hydrogens (tertiary/aromatic N) is 2. The molecule has 0 unspecified atom stereocenters. The smallest absolute Gasteiger partial charge is 0.387 e. The van der Waals surface area contributed by atoms with Gasteiger partial charge in [-0.1, -0.05) is 23.7 Å². The summed E-state index contributed by atoms with van der Waals surface area (Å²) in [6, 6.07) is 13.5. The Hall–Kier alpha value is -2.44. The van der Waals surface area contributed by atoms with E-state index in [4.69, 9.17) is 11.6 Å². The largest absolute Gasteiger partial charge is 0.435 e. The highest BCUT2D eigenvalue weighted by Gasteiger charge is 2.15. The van der Waals surface area contributed by atoms with Crippen molar-refractivity contribution in [2.24, 2.45) is 0 Å². The molecule has 1 aliphatic rings. The van der Waals surface area contributed by atoms with Crippen molar-refractivity contribution in [3.8, 4) is 5.75 Å². The van der Waals surface area contributed by atoms with Crippen LogP contribution in [0.1, 0.15) is 15.9 Å². The molecule has 0 aromatic heterocycles. The number of carbonyl (C=O) groups excluding carboxylic acids is 1. The van der Waals surface area contributed by atoms with Gasteiger partial charge in [0.2, 0.25) is 0 Å². The van der Waals surface area contributed by atoms with Crippen LogP contribution in [0.3, 0.4) is 0 Å². The number of carbonyl (C=O) groups is 1. The fourth-order valence-corrected chi connectivity index (χ4v) is 3.11. The van der Waals surface area contributed by atoms with Crippen molar-refractivity contribution in [2.45, 2.75) is 13.2 Å². The Kier molecular flexibility index (Phi) is 7.01. The molecule has 1 aliphatic heterocycles. The minimum atomic E-state index is -2.88. The van der Waals surface area contributed by atoms with E-state index in [1.807, 2.05) is 24.3 Å². The van der Waals surface area contributed by atoms with E-state index in [1.165, 1.54) is 35.9 Å². The van der Waals surface area contributed by atoms with E-state index < -0.39 is 6.61 Å². The zero-order chi connectivity index (χ0) is 19.9. The molecule has 4 nitrogen and oxygen atoms in total. The molecular formula is C21H21ClF2N2O2. The van der Waals surface area contributed by atoms with Crippen molar-refractivity contribution in [1.29, 1.82) is 0 Å². The Morgan fingerprint density at radius 3 is 2.29 bits per heavy atom. The zero-order valence-corrected chi connectivity index (χ0v) is 16.0. The fraction of sp³-hybridized carbons (Fsp3) is 0.286. The van der Waals surface area contributed by atoms with Gasteiger partial charge < -0.3 is 9.64 Å². The first-order valence-corrected chi connectivity index (χ1v) is 9.35. The molecular weight excluding hydrogens is 386 g/mol. The van der Waals surface area contributed by atoms with Gasteiger partial charge in [0.05, 0.1) is 0 Å². The van der Waals surface area contributed by atoms with E-state index in [2.05, 4.69) is 14.5 Å². The first-order valence-electron chi connectivity index (χ1n) is 8.98. The molecule has 1 heterocycles. The summed E-state index contributed by atoms with van der Waals surface area (Å²) >= 11 is 5.91. The molecule has 1 saturated heterocycles. The van der Waals surface area contributed by atoms with Gasteiger partial charge in [0.25, 0.3) is 0 Å². The third-order valence-corrected chi connectivity index (χ3v) is 4.78. The molecule has 0 radical (unpaired) electrons. The summed E-state index contributed by atoms with van der Waals surface area (Å²) in [5, 5.41) is 0.736. The van der Waals surface area contributed by atoms with Crippen LogP contribution in [-0.2, 0) is 6.54 Å². The summed E-state index contributed by atoms with van der Waals surface area (Å²) < 4.78 is 28.6. The van der Waals surface area contributed by atoms with Gasteiger partial charge in [-0.25, -0.2) is 0 Å². The van der Waals surface area contributed by atoms with Gasteiger partial charge in [-0.15, -0.1) is 0 Å². The highest BCUT2D eigenvalue weighted by molar-refractivity contribution is 6.30. The van der Waals surface area contributed by atoms with E-state index in [-0.39, 0.29) is 11.5 Å². The number of hydrogen-bond donors (Lipinski definition) is 0. The third-order valence-electron chi connectivity index (χ3n) is 4.53. The Balaban J connectivity index is 1.46. The molecule has 0 saturated carbocycles. The summed E-state index contributed by atoms with van der Waals surface area (Å²) in [4.78, 5) is 16.7. The van der Waals surface area contributed by atoms with Crippen molar-refractivity contribution in [3.63, 3.8) is 0 Å². The quantitative estimate of drug-likeness (QED) is 0.502. The number of benzene rings is 2. The maximum Gasteiger partial charge on any atom is 0.387 e. The highest BCUT2D eigenvalue weighted by atomic mass is 35.5. The number of rotatable bonds is 7. The van der Waals surface area contributed by atoms with Crippen molar-refractivity contribution < 1.29 is 18.3 Å². The summed E-state index contributed by atoms with van der Waals surface area (Å²) in [5.41, 5.74) is 1.65. The molecule has 3 rings (SSSR count). The van der Waals surface area contributed by atoms with Gasteiger partial charge in [0.1, 0.15) is 5.75 Å². The first-order chi connectivity index (χ1) is 13.5. The zero-order valence-electron chi connectivity index (χ0n) is 15.2. The number of allylic oxidation sites excluding steroid dienone is 1. The van der Waals surface area contributed by atoms with Crippen LogP contribution in [0.2, 0.25) is 5.02 Å². The number of halogens is 3. The second-order valence-electron chi connectivity index (χ2n) is 6.52. The lowest BCUT2D eigenvalue weighted by Gasteiger charge is -2.34. The second-order valence-corrected chi connectivity index (χ2v) is 6.96. The molecule has 2 aromatic rings. The van der Waals surface area contributed by atoms with Gasteiger partial charge in [-0.3, -0.25) is 9.69 Å². The molecule has 28 heavy (non-hydrogen) atoms. The molecule has 2 aromatic carbocycles. The SMILES string of the molecule is O=C(/C=C/N1CCN(Cc2ccc(Cl)cc2)CC1)c1ccc(OC(F)F)cc1. The Morgan fingerprint density at radius 2 is 1.68 bits per heavy atom. The fourth-order valence-electron chi connectivity index (χ4n) is 2.99. The van der Waals surface area contributed by atoms with E-state index >= 15 is 0 Å². The van der Waals surface area contributed by atoms with Gasteiger partial charge in [0.15, 0.2) is 5.78 Å². The third kappa shape index (κ3) is 6.04. The molecule has 148 valence electrons. The lowest BCUT2D eigenvalue weighted by Crippen LogP contribution is -2.43. The van der Waals surface area contributed by atoms with E-state index in [9.17, 15) is 13.6 Å². The van der Waals surface area contributed by atoms with Crippen LogP contribution in [-0.4, -0.2) is 48.4 Å². The number of alkyl halides is 2. The average molecular weight is 407 g/mol. The number of ketones is 1. The summed E-state index contributed by atoms with van der Waals surface area (Å²) in [7, 11) is 0. The van der Waals surface area contributed by atoms with Crippen LogP contribution in [0.4, 0.5) is 8.78 Å². The number of ether oxygens (including phenoxy) is 1.